The second kappa shape index (κ2) is 10.0. The average Bonchev–Trinajstić information content (AvgIpc) is 3.29. The molecule has 4 aromatic rings. The molecule has 9 nitrogen and oxygen atoms in total. The molecule has 1 aliphatic heterocycles. The normalized spacial score (nSPS) is 14.3. The number of amides is 2. The third-order valence-corrected chi connectivity index (χ3v) is 8.44. The molecule has 0 aliphatic carbocycles. The Balaban J connectivity index is 1.22. The predicted molar refractivity (Wildman–Crippen MR) is 144 cm³/mol. The first kappa shape index (κ1) is 25.0. The van der Waals surface area contributed by atoms with Crippen LogP contribution in [0.5, 0.6) is 0 Å². The molecule has 3 heterocycles. The van der Waals surface area contributed by atoms with E-state index in [1.165, 1.54) is 6.92 Å². The molecule has 37 heavy (non-hydrogen) atoms. The Hall–Kier alpha value is -3.63. The standard InChI is InChI=1S/C26H26ClN5O4S/c1-18(33)29-24-17-28-23-3-2-4-25(32(23)24)30-10-12-31(13-11-30)26(34)9-14-37(35,36)22-8-6-19-15-21(27)7-5-20(19)16-22/h2-8,15-17H,9-14H2,1H3,(H,29,33). The summed E-state index contributed by atoms with van der Waals surface area (Å²) in [6.45, 7) is 3.53. The third kappa shape index (κ3) is 5.26. The largest absolute Gasteiger partial charge is 0.354 e. The predicted octanol–water partition coefficient (Wildman–Crippen LogP) is 3.61. The number of sulfone groups is 1. The van der Waals surface area contributed by atoms with Gasteiger partial charge in [0.1, 0.15) is 17.3 Å². The van der Waals surface area contributed by atoms with Gasteiger partial charge in [-0.3, -0.25) is 14.0 Å². The van der Waals surface area contributed by atoms with Crippen LogP contribution >= 0.6 is 11.6 Å². The van der Waals surface area contributed by atoms with Crippen LogP contribution in [-0.2, 0) is 19.4 Å². The Morgan fingerprint density at radius 3 is 2.49 bits per heavy atom. The van der Waals surface area contributed by atoms with E-state index >= 15 is 0 Å². The number of pyridine rings is 1. The molecule has 0 atom stereocenters. The van der Waals surface area contributed by atoms with E-state index in [4.69, 9.17) is 11.6 Å². The summed E-state index contributed by atoms with van der Waals surface area (Å²) in [5, 5.41) is 5.02. The summed E-state index contributed by atoms with van der Waals surface area (Å²) in [6.07, 6.45) is 1.54. The van der Waals surface area contributed by atoms with E-state index < -0.39 is 9.84 Å². The van der Waals surface area contributed by atoms with E-state index in [-0.39, 0.29) is 28.9 Å². The highest BCUT2D eigenvalue weighted by Gasteiger charge is 2.25. The van der Waals surface area contributed by atoms with Crippen molar-refractivity contribution in [3.05, 3.63) is 65.8 Å². The molecule has 2 amide bonds. The molecule has 1 saturated heterocycles. The van der Waals surface area contributed by atoms with E-state index in [0.29, 0.717) is 42.7 Å². The van der Waals surface area contributed by atoms with Crippen molar-refractivity contribution < 1.29 is 18.0 Å². The number of hydrogen-bond donors (Lipinski definition) is 1. The van der Waals surface area contributed by atoms with Crippen LogP contribution in [0.3, 0.4) is 0 Å². The maximum Gasteiger partial charge on any atom is 0.223 e. The molecule has 0 bridgehead atoms. The van der Waals surface area contributed by atoms with Crippen molar-refractivity contribution in [2.75, 3.05) is 42.1 Å². The number of hydrogen-bond acceptors (Lipinski definition) is 6. The number of aromatic nitrogens is 2. The van der Waals surface area contributed by atoms with Gasteiger partial charge in [0, 0.05) is 44.5 Å². The van der Waals surface area contributed by atoms with Crippen LogP contribution in [0, 0.1) is 0 Å². The van der Waals surface area contributed by atoms with Crippen molar-refractivity contribution in [2.45, 2.75) is 18.2 Å². The van der Waals surface area contributed by atoms with Crippen molar-refractivity contribution in [2.24, 2.45) is 0 Å². The van der Waals surface area contributed by atoms with Crippen molar-refractivity contribution in [3.63, 3.8) is 0 Å². The number of anilines is 2. The lowest BCUT2D eigenvalue weighted by Gasteiger charge is -2.36. The van der Waals surface area contributed by atoms with Crippen LogP contribution < -0.4 is 10.2 Å². The quantitative estimate of drug-likeness (QED) is 0.401. The summed E-state index contributed by atoms with van der Waals surface area (Å²) < 4.78 is 27.7. The van der Waals surface area contributed by atoms with Gasteiger partial charge >= 0.3 is 0 Å². The van der Waals surface area contributed by atoms with E-state index in [1.54, 1.807) is 47.5 Å². The van der Waals surface area contributed by atoms with Gasteiger partial charge in [0.05, 0.1) is 16.8 Å². The van der Waals surface area contributed by atoms with Crippen LogP contribution in [0.25, 0.3) is 16.4 Å². The van der Waals surface area contributed by atoms with Gasteiger partial charge in [0.15, 0.2) is 9.84 Å². The minimum Gasteiger partial charge on any atom is -0.354 e. The Labute approximate surface area is 219 Å². The molecule has 1 N–H and O–H groups in total. The number of rotatable bonds is 6. The van der Waals surface area contributed by atoms with Crippen LogP contribution in [0.4, 0.5) is 11.6 Å². The highest BCUT2D eigenvalue weighted by molar-refractivity contribution is 7.91. The molecule has 0 spiro atoms. The molecular weight excluding hydrogens is 514 g/mol. The van der Waals surface area contributed by atoms with Crippen LogP contribution in [0.1, 0.15) is 13.3 Å². The summed E-state index contributed by atoms with van der Waals surface area (Å²) in [4.78, 5) is 32.9. The maximum absolute atomic E-state index is 12.9. The number of nitrogens with one attached hydrogen (secondary N) is 1. The molecule has 1 fully saturated rings. The lowest BCUT2D eigenvalue weighted by molar-refractivity contribution is -0.131. The highest BCUT2D eigenvalue weighted by atomic mass is 35.5. The van der Waals surface area contributed by atoms with Gasteiger partial charge in [-0.2, -0.15) is 0 Å². The van der Waals surface area contributed by atoms with Crippen LogP contribution in [0.2, 0.25) is 5.02 Å². The van der Waals surface area contributed by atoms with Gasteiger partial charge in [-0.05, 0) is 47.2 Å². The fourth-order valence-electron chi connectivity index (χ4n) is 4.61. The Kier molecular flexibility index (Phi) is 6.78. The molecule has 11 heteroatoms. The zero-order chi connectivity index (χ0) is 26.2. The number of benzene rings is 2. The first-order chi connectivity index (χ1) is 17.7. The molecule has 0 saturated carbocycles. The van der Waals surface area contributed by atoms with Crippen molar-refractivity contribution in [3.8, 4) is 0 Å². The number of piperazine rings is 1. The molecule has 5 rings (SSSR count). The first-order valence-electron chi connectivity index (χ1n) is 11.9. The first-order valence-corrected chi connectivity index (χ1v) is 13.9. The van der Waals surface area contributed by atoms with Gasteiger partial charge < -0.3 is 15.1 Å². The number of halogens is 1. The molecule has 0 radical (unpaired) electrons. The van der Waals surface area contributed by atoms with E-state index in [1.807, 2.05) is 22.6 Å². The number of fused-ring (bicyclic) bond motifs is 2. The fourth-order valence-corrected chi connectivity index (χ4v) is 6.05. The van der Waals surface area contributed by atoms with Crippen LogP contribution in [0.15, 0.2) is 65.7 Å². The lowest BCUT2D eigenvalue weighted by Crippen LogP contribution is -2.49. The topological polar surface area (TPSA) is 104 Å². The van der Waals surface area contributed by atoms with Gasteiger partial charge in [0.25, 0.3) is 0 Å². The summed E-state index contributed by atoms with van der Waals surface area (Å²) >= 11 is 6.01. The van der Waals surface area contributed by atoms with Crippen molar-refractivity contribution >= 4 is 61.3 Å². The zero-order valence-corrected chi connectivity index (χ0v) is 21.8. The zero-order valence-electron chi connectivity index (χ0n) is 20.2. The fraction of sp³-hybridized carbons (Fsp3) is 0.269. The number of imidazole rings is 1. The Bertz CT molecular complexity index is 1610. The Morgan fingerprint density at radius 1 is 1.00 bits per heavy atom. The second-order valence-electron chi connectivity index (χ2n) is 8.99. The lowest BCUT2D eigenvalue weighted by atomic mass is 10.1. The molecule has 2 aromatic carbocycles. The van der Waals surface area contributed by atoms with Gasteiger partial charge in [-0.25, -0.2) is 13.4 Å². The molecule has 2 aromatic heterocycles. The molecular formula is C26H26ClN5O4S. The summed E-state index contributed by atoms with van der Waals surface area (Å²) in [5.41, 5.74) is 0.710. The van der Waals surface area contributed by atoms with E-state index in [2.05, 4.69) is 15.2 Å². The summed E-state index contributed by atoms with van der Waals surface area (Å²) in [5.74, 6) is 0.829. The summed E-state index contributed by atoms with van der Waals surface area (Å²) in [6, 6.07) is 15.9. The van der Waals surface area contributed by atoms with Crippen molar-refractivity contribution in [1.82, 2.24) is 14.3 Å². The number of carbonyl (C=O) groups is 2. The van der Waals surface area contributed by atoms with Gasteiger partial charge in [-0.15, -0.1) is 0 Å². The monoisotopic (exact) mass is 539 g/mol. The van der Waals surface area contributed by atoms with Crippen molar-refractivity contribution in [1.29, 1.82) is 0 Å². The average molecular weight is 540 g/mol. The van der Waals surface area contributed by atoms with E-state index in [0.717, 1.165) is 16.6 Å². The molecule has 192 valence electrons. The minimum atomic E-state index is -3.62. The number of nitrogens with zero attached hydrogens (tertiary/aromatic N) is 4. The number of carbonyl (C=O) groups excluding carboxylic acids is 2. The SMILES string of the molecule is CC(=O)Nc1cnc2cccc(N3CCN(C(=O)CCS(=O)(=O)c4ccc5cc(Cl)ccc5c4)CC3)n12. The van der Waals surface area contributed by atoms with Gasteiger partial charge in [0.2, 0.25) is 11.8 Å². The third-order valence-electron chi connectivity index (χ3n) is 6.49. The minimum absolute atomic E-state index is 0.0786. The second-order valence-corrected chi connectivity index (χ2v) is 11.5. The molecule has 0 unspecified atom stereocenters. The maximum atomic E-state index is 12.9. The van der Waals surface area contributed by atoms with Crippen LogP contribution in [-0.4, -0.2) is 66.4 Å². The summed E-state index contributed by atoms with van der Waals surface area (Å²) in [7, 11) is -3.62. The Morgan fingerprint density at radius 2 is 1.73 bits per heavy atom. The smallest absolute Gasteiger partial charge is 0.223 e. The van der Waals surface area contributed by atoms with Gasteiger partial charge in [-0.1, -0.05) is 29.8 Å². The van der Waals surface area contributed by atoms with E-state index in [9.17, 15) is 18.0 Å². The molecule has 1 aliphatic rings. The highest BCUT2D eigenvalue weighted by Crippen LogP contribution is 2.25.